The Balaban J connectivity index is 1.70. The zero-order valence-electron chi connectivity index (χ0n) is 22.4. The molecule has 0 spiro atoms. The van der Waals surface area contributed by atoms with Crippen molar-refractivity contribution in [3.63, 3.8) is 0 Å². The largest absolute Gasteiger partial charge is 0.352 e. The van der Waals surface area contributed by atoms with Crippen LogP contribution in [0, 0.1) is 6.92 Å². The second-order valence-corrected chi connectivity index (χ2v) is 11.9. The van der Waals surface area contributed by atoms with Crippen LogP contribution in [0.15, 0.2) is 54.6 Å². The van der Waals surface area contributed by atoms with Crippen molar-refractivity contribution in [2.75, 3.05) is 23.7 Å². The fraction of sp³-hybridized carbons (Fsp3) is 0.517. The number of rotatable bonds is 13. The zero-order valence-corrected chi connectivity index (χ0v) is 23.2. The summed E-state index contributed by atoms with van der Waals surface area (Å²) in [6, 6.07) is 16.9. The van der Waals surface area contributed by atoms with E-state index in [-0.39, 0.29) is 30.8 Å². The zero-order chi connectivity index (χ0) is 26.8. The van der Waals surface area contributed by atoms with Gasteiger partial charge < -0.3 is 10.2 Å². The van der Waals surface area contributed by atoms with E-state index in [4.69, 9.17) is 0 Å². The summed E-state index contributed by atoms with van der Waals surface area (Å²) < 4.78 is 26.3. The normalized spacial score (nSPS) is 14.8. The van der Waals surface area contributed by atoms with Gasteiger partial charge in [-0.15, -0.1) is 0 Å². The van der Waals surface area contributed by atoms with Gasteiger partial charge in [0.05, 0.1) is 11.9 Å². The Labute approximate surface area is 222 Å². The second-order valence-electron chi connectivity index (χ2n) is 10.0. The van der Waals surface area contributed by atoms with E-state index in [1.807, 2.05) is 56.3 Å². The highest BCUT2D eigenvalue weighted by Crippen LogP contribution is 2.21. The summed E-state index contributed by atoms with van der Waals surface area (Å²) in [5.41, 5.74) is 2.74. The van der Waals surface area contributed by atoms with Gasteiger partial charge in [-0.2, -0.15) is 0 Å². The summed E-state index contributed by atoms with van der Waals surface area (Å²) in [6.07, 6.45) is 7.10. The lowest BCUT2D eigenvalue weighted by molar-refractivity contribution is -0.141. The van der Waals surface area contributed by atoms with E-state index in [2.05, 4.69) is 5.32 Å². The van der Waals surface area contributed by atoms with Crippen LogP contribution in [-0.4, -0.2) is 56.6 Å². The number of hydrogen-bond donors (Lipinski definition) is 1. The summed E-state index contributed by atoms with van der Waals surface area (Å²) in [5, 5.41) is 3.16. The van der Waals surface area contributed by atoms with Gasteiger partial charge in [-0.05, 0) is 56.7 Å². The molecule has 202 valence electrons. The minimum atomic E-state index is -3.50. The summed E-state index contributed by atoms with van der Waals surface area (Å²) >= 11 is 0. The number of carbonyl (C=O) groups is 2. The number of hydrogen-bond acceptors (Lipinski definition) is 4. The van der Waals surface area contributed by atoms with Crippen molar-refractivity contribution in [2.45, 2.75) is 77.3 Å². The first-order valence-corrected chi connectivity index (χ1v) is 15.2. The molecule has 0 radical (unpaired) electrons. The molecule has 1 unspecified atom stereocenters. The van der Waals surface area contributed by atoms with Crippen molar-refractivity contribution in [1.29, 1.82) is 0 Å². The van der Waals surface area contributed by atoms with Crippen LogP contribution < -0.4 is 9.62 Å². The molecule has 0 bridgehead atoms. The Kier molecular flexibility index (Phi) is 10.6. The Morgan fingerprint density at radius 2 is 1.65 bits per heavy atom. The first-order valence-electron chi connectivity index (χ1n) is 13.4. The molecule has 1 aliphatic rings. The van der Waals surface area contributed by atoms with Gasteiger partial charge in [0.25, 0.3) is 0 Å². The Morgan fingerprint density at radius 1 is 1.00 bits per heavy atom. The molecule has 37 heavy (non-hydrogen) atoms. The molecule has 1 aliphatic carbocycles. The molecular formula is C29H41N3O4S. The predicted molar refractivity (Wildman–Crippen MR) is 149 cm³/mol. The lowest BCUT2D eigenvalue weighted by atomic mass is 10.1. The first kappa shape index (κ1) is 28.7. The fourth-order valence-corrected chi connectivity index (χ4v) is 5.94. The molecule has 1 saturated carbocycles. The van der Waals surface area contributed by atoms with Gasteiger partial charge in [-0.1, -0.05) is 67.8 Å². The molecule has 0 aliphatic heterocycles. The average molecular weight is 528 g/mol. The number of sulfonamides is 1. The lowest BCUT2D eigenvalue weighted by Gasteiger charge is -2.32. The first-order chi connectivity index (χ1) is 17.7. The smallest absolute Gasteiger partial charge is 0.243 e. The molecule has 0 aromatic heterocycles. The van der Waals surface area contributed by atoms with Crippen LogP contribution in [0.5, 0.6) is 0 Å². The highest BCUT2D eigenvalue weighted by Gasteiger charge is 2.30. The maximum atomic E-state index is 13.5. The van der Waals surface area contributed by atoms with Gasteiger partial charge >= 0.3 is 0 Å². The Hall–Kier alpha value is -2.87. The maximum absolute atomic E-state index is 13.5. The number of nitrogens with one attached hydrogen (secondary N) is 1. The third kappa shape index (κ3) is 8.59. The summed E-state index contributed by atoms with van der Waals surface area (Å²) in [5.74, 6) is -0.213. The van der Waals surface area contributed by atoms with Gasteiger partial charge in [-0.3, -0.25) is 13.9 Å². The number of carbonyl (C=O) groups excluding carboxylic acids is 2. The molecular weight excluding hydrogens is 486 g/mol. The highest BCUT2D eigenvalue weighted by atomic mass is 32.2. The molecule has 8 heteroatoms. The third-order valence-corrected chi connectivity index (χ3v) is 8.24. The molecule has 3 rings (SSSR count). The van der Waals surface area contributed by atoms with E-state index in [9.17, 15) is 18.0 Å². The molecule has 1 N–H and O–H groups in total. The van der Waals surface area contributed by atoms with Crippen molar-refractivity contribution in [3.8, 4) is 0 Å². The average Bonchev–Trinajstić information content (AvgIpc) is 3.38. The van der Waals surface area contributed by atoms with Crippen LogP contribution in [0.3, 0.4) is 0 Å². The van der Waals surface area contributed by atoms with Crippen molar-refractivity contribution in [3.05, 3.63) is 65.7 Å². The summed E-state index contributed by atoms with van der Waals surface area (Å²) in [7, 11) is -3.50. The molecule has 1 fully saturated rings. The van der Waals surface area contributed by atoms with Crippen molar-refractivity contribution in [2.24, 2.45) is 0 Å². The molecule has 0 saturated heterocycles. The van der Waals surface area contributed by atoms with Crippen molar-refractivity contribution < 1.29 is 18.0 Å². The van der Waals surface area contributed by atoms with Crippen molar-refractivity contribution in [1.82, 2.24) is 10.2 Å². The van der Waals surface area contributed by atoms with E-state index in [1.165, 1.54) is 10.6 Å². The van der Waals surface area contributed by atoms with E-state index in [0.717, 1.165) is 36.8 Å². The van der Waals surface area contributed by atoms with Crippen LogP contribution >= 0.6 is 0 Å². The van der Waals surface area contributed by atoms with Crippen molar-refractivity contribution >= 4 is 27.5 Å². The Morgan fingerprint density at radius 3 is 2.24 bits per heavy atom. The predicted octanol–water partition coefficient (Wildman–Crippen LogP) is 4.45. The number of benzene rings is 2. The maximum Gasteiger partial charge on any atom is 0.243 e. The molecule has 1 atom stereocenters. The number of anilines is 1. The molecule has 2 aromatic carbocycles. The number of nitrogens with zero attached hydrogens (tertiary/aromatic N) is 2. The van der Waals surface area contributed by atoms with Crippen LogP contribution in [0.4, 0.5) is 5.69 Å². The van der Waals surface area contributed by atoms with Crippen LogP contribution in [0.2, 0.25) is 0 Å². The third-order valence-electron chi connectivity index (χ3n) is 7.05. The van der Waals surface area contributed by atoms with Crippen LogP contribution in [0.25, 0.3) is 0 Å². The molecule has 2 amide bonds. The second kappa shape index (κ2) is 13.6. The van der Waals surface area contributed by atoms with E-state index in [1.54, 1.807) is 17.0 Å². The number of amides is 2. The lowest BCUT2D eigenvalue weighted by Crippen LogP contribution is -2.52. The molecule has 7 nitrogen and oxygen atoms in total. The topological polar surface area (TPSA) is 86.8 Å². The van der Waals surface area contributed by atoms with Gasteiger partial charge in [-0.25, -0.2) is 8.42 Å². The highest BCUT2D eigenvalue weighted by molar-refractivity contribution is 7.92. The Bertz CT molecular complexity index is 1110. The molecule has 0 heterocycles. The van der Waals surface area contributed by atoms with Gasteiger partial charge in [0.15, 0.2) is 0 Å². The van der Waals surface area contributed by atoms with E-state index in [0.29, 0.717) is 31.5 Å². The monoisotopic (exact) mass is 527 g/mol. The number of aryl methyl sites for hydroxylation is 1. The standard InChI is InChI=1S/C29H41N3O4S/c1-4-27(29(34)30-25-13-8-9-14-25)31(22-20-24-11-6-5-7-12-24)28(33)15-10-21-32(37(3,35)36)26-18-16-23(2)17-19-26/h5-7,11-12,16-19,25,27H,4,8-10,13-15,20-22H2,1-3H3,(H,30,34). The minimum Gasteiger partial charge on any atom is -0.352 e. The quantitative estimate of drug-likeness (QED) is 0.417. The minimum absolute atomic E-state index is 0.0896. The summed E-state index contributed by atoms with van der Waals surface area (Å²) in [4.78, 5) is 28.4. The SMILES string of the molecule is CCC(C(=O)NC1CCCC1)N(CCc1ccccc1)C(=O)CCCN(c1ccc(C)cc1)S(C)(=O)=O. The van der Waals surface area contributed by atoms with E-state index >= 15 is 0 Å². The van der Waals surface area contributed by atoms with Gasteiger partial charge in [0.2, 0.25) is 21.8 Å². The van der Waals surface area contributed by atoms with Crippen LogP contribution in [0.1, 0.15) is 63.0 Å². The van der Waals surface area contributed by atoms with E-state index < -0.39 is 16.1 Å². The molecule has 2 aromatic rings. The van der Waals surface area contributed by atoms with Gasteiger partial charge in [0.1, 0.15) is 6.04 Å². The van der Waals surface area contributed by atoms with Crippen LogP contribution in [-0.2, 0) is 26.0 Å². The fourth-order valence-electron chi connectivity index (χ4n) is 4.98. The van der Waals surface area contributed by atoms with Gasteiger partial charge in [0, 0.05) is 25.6 Å². The summed E-state index contributed by atoms with van der Waals surface area (Å²) in [6.45, 7) is 4.52.